The van der Waals surface area contributed by atoms with Crippen molar-refractivity contribution in [2.45, 2.75) is 23.7 Å². The number of benzene rings is 1. The molecule has 1 heterocycles. The van der Waals surface area contributed by atoms with E-state index in [1.54, 1.807) is 18.2 Å². The summed E-state index contributed by atoms with van der Waals surface area (Å²) in [7, 11) is 0. The standard InChI is InChI=1S/C13H13ClN4O2S/c14-8-3-4-9(15)10(5-8)21-6-11(19)16-13-18-17-12(20-13)7-1-2-7/h3-5,7H,1-2,6,15H2,(H,16,18,19). The minimum Gasteiger partial charge on any atom is -0.408 e. The fourth-order valence-corrected chi connectivity index (χ4v) is 2.75. The van der Waals surface area contributed by atoms with Gasteiger partial charge >= 0.3 is 6.01 Å². The second-order valence-corrected chi connectivity index (χ2v) is 6.19. The second-order valence-electron chi connectivity index (χ2n) is 4.74. The molecule has 8 heteroatoms. The minimum absolute atomic E-state index is 0.140. The monoisotopic (exact) mass is 324 g/mol. The number of aromatic nitrogens is 2. The maximum absolute atomic E-state index is 11.8. The lowest BCUT2D eigenvalue weighted by atomic mass is 10.3. The zero-order valence-electron chi connectivity index (χ0n) is 11.0. The average Bonchev–Trinajstić information content (AvgIpc) is 3.21. The van der Waals surface area contributed by atoms with Crippen molar-refractivity contribution in [1.82, 2.24) is 10.2 Å². The molecule has 1 aromatic heterocycles. The van der Waals surface area contributed by atoms with Gasteiger partial charge in [-0.25, -0.2) is 0 Å². The first-order chi connectivity index (χ1) is 10.1. The Balaban J connectivity index is 1.54. The molecule has 0 saturated heterocycles. The van der Waals surface area contributed by atoms with Crippen LogP contribution < -0.4 is 11.1 Å². The summed E-state index contributed by atoms with van der Waals surface area (Å²) in [5.41, 5.74) is 6.41. The normalized spacial score (nSPS) is 14.1. The molecule has 0 aliphatic heterocycles. The highest BCUT2D eigenvalue weighted by molar-refractivity contribution is 8.00. The third-order valence-electron chi connectivity index (χ3n) is 2.95. The van der Waals surface area contributed by atoms with Crippen molar-refractivity contribution in [2.24, 2.45) is 0 Å². The van der Waals surface area contributed by atoms with Crippen LogP contribution in [-0.2, 0) is 4.79 Å². The van der Waals surface area contributed by atoms with E-state index in [0.29, 0.717) is 22.5 Å². The van der Waals surface area contributed by atoms with Crippen LogP contribution in [0.3, 0.4) is 0 Å². The molecule has 1 aliphatic rings. The fourth-order valence-electron chi connectivity index (χ4n) is 1.71. The van der Waals surface area contributed by atoms with Crippen LogP contribution >= 0.6 is 23.4 Å². The molecule has 0 atom stereocenters. The van der Waals surface area contributed by atoms with Crippen LogP contribution in [0.25, 0.3) is 0 Å². The fraction of sp³-hybridized carbons (Fsp3) is 0.308. The number of hydrogen-bond acceptors (Lipinski definition) is 6. The number of carbonyl (C=O) groups is 1. The number of nitrogens with zero attached hydrogens (tertiary/aromatic N) is 2. The van der Waals surface area contributed by atoms with Gasteiger partial charge in [0.15, 0.2) is 0 Å². The number of carbonyl (C=O) groups excluding carboxylic acids is 1. The van der Waals surface area contributed by atoms with E-state index in [9.17, 15) is 4.79 Å². The van der Waals surface area contributed by atoms with Gasteiger partial charge in [-0.2, -0.15) is 0 Å². The summed E-state index contributed by atoms with van der Waals surface area (Å²) in [4.78, 5) is 12.6. The summed E-state index contributed by atoms with van der Waals surface area (Å²) >= 11 is 7.20. The van der Waals surface area contributed by atoms with Gasteiger partial charge in [0.05, 0.1) is 5.75 Å². The first-order valence-corrected chi connectivity index (χ1v) is 7.79. The van der Waals surface area contributed by atoms with Crippen molar-refractivity contribution in [2.75, 3.05) is 16.8 Å². The van der Waals surface area contributed by atoms with Crippen LogP contribution in [0.1, 0.15) is 24.7 Å². The highest BCUT2D eigenvalue weighted by Crippen LogP contribution is 2.39. The number of thioether (sulfide) groups is 1. The molecule has 3 N–H and O–H groups in total. The summed E-state index contributed by atoms with van der Waals surface area (Å²) in [6, 6.07) is 5.29. The van der Waals surface area contributed by atoms with Gasteiger partial charge in [-0.3, -0.25) is 10.1 Å². The lowest BCUT2D eigenvalue weighted by molar-refractivity contribution is -0.113. The molecule has 1 amide bonds. The number of anilines is 2. The lowest BCUT2D eigenvalue weighted by Crippen LogP contribution is -2.14. The minimum atomic E-state index is -0.231. The Morgan fingerprint density at radius 1 is 1.48 bits per heavy atom. The smallest absolute Gasteiger partial charge is 0.322 e. The SMILES string of the molecule is Nc1ccc(Cl)cc1SCC(=O)Nc1nnc(C2CC2)o1. The molecule has 0 unspecified atom stereocenters. The van der Waals surface area contributed by atoms with Crippen LogP contribution in [0.4, 0.5) is 11.7 Å². The van der Waals surface area contributed by atoms with Gasteiger partial charge in [0.25, 0.3) is 0 Å². The Morgan fingerprint density at radius 3 is 3.05 bits per heavy atom. The predicted octanol–water partition coefficient (Wildman–Crippen LogP) is 2.91. The van der Waals surface area contributed by atoms with Crippen LogP contribution in [0.5, 0.6) is 0 Å². The number of nitrogen functional groups attached to an aromatic ring is 1. The van der Waals surface area contributed by atoms with Gasteiger partial charge in [-0.05, 0) is 31.0 Å². The molecule has 1 aliphatic carbocycles. The van der Waals surface area contributed by atoms with E-state index in [1.165, 1.54) is 11.8 Å². The van der Waals surface area contributed by atoms with Gasteiger partial charge in [0.1, 0.15) is 0 Å². The predicted molar refractivity (Wildman–Crippen MR) is 81.5 cm³/mol. The first-order valence-electron chi connectivity index (χ1n) is 6.43. The van der Waals surface area contributed by atoms with Crippen molar-refractivity contribution in [3.05, 3.63) is 29.1 Å². The zero-order chi connectivity index (χ0) is 14.8. The van der Waals surface area contributed by atoms with Gasteiger partial charge in [0.2, 0.25) is 11.8 Å². The van der Waals surface area contributed by atoms with Crippen LogP contribution in [0.2, 0.25) is 5.02 Å². The Bertz CT molecular complexity index is 672. The summed E-state index contributed by atoms with van der Waals surface area (Å²) in [6.45, 7) is 0. The summed E-state index contributed by atoms with van der Waals surface area (Å²) < 4.78 is 5.36. The Hall–Kier alpha value is -1.73. The maximum Gasteiger partial charge on any atom is 0.322 e. The van der Waals surface area contributed by atoms with Crippen molar-refractivity contribution >= 4 is 41.0 Å². The molecule has 0 spiro atoms. The molecule has 2 aromatic rings. The van der Waals surface area contributed by atoms with Gasteiger partial charge < -0.3 is 10.2 Å². The van der Waals surface area contributed by atoms with Crippen LogP contribution in [0, 0.1) is 0 Å². The second kappa shape index (κ2) is 5.95. The van der Waals surface area contributed by atoms with Crippen LogP contribution in [-0.4, -0.2) is 21.9 Å². The molecule has 0 radical (unpaired) electrons. The molecule has 3 rings (SSSR count). The van der Waals surface area contributed by atoms with E-state index in [2.05, 4.69) is 15.5 Å². The van der Waals surface area contributed by atoms with Crippen molar-refractivity contribution in [1.29, 1.82) is 0 Å². The number of rotatable bonds is 5. The van der Waals surface area contributed by atoms with Gasteiger partial charge in [0, 0.05) is 21.5 Å². The summed E-state index contributed by atoms with van der Waals surface area (Å²) in [6.07, 6.45) is 2.14. The molecule has 21 heavy (non-hydrogen) atoms. The third-order valence-corrected chi connectivity index (χ3v) is 4.25. The molecular weight excluding hydrogens is 312 g/mol. The van der Waals surface area contributed by atoms with E-state index in [4.69, 9.17) is 21.8 Å². The Morgan fingerprint density at radius 2 is 2.29 bits per heavy atom. The number of amides is 1. The molecule has 1 saturated carbocycles. The molecule has 110 valence electrons. The van der Waals surface area contributed by atoms with E-state index >= 15 is 0 Å². The number of halogens is 1. The van der Waals surface area contributed by atoms with Gasteiger partial charge in [-0.1, -0.05) is 16.7 Å². The average molecular weight is 325 g/mol. The molecule has 1 aromatic carbocycles. The maximum atomic E-state index is 11.8. The van der Waals surface area contributed by atoms with E-state index in [1.807, 2.05) is 0 Å². The Kier molecular flexibility index (Phi) is 4.03. The number of nitrogens with one attached hydrogen (secondary N) is 1. The number of nitrogens with two attached hydrogens (primary N) is 1. The third kappa shape index (κ3) is 3.68. The zero-order valence-corrected chi connectivity index (χ0v) is 12.6. The van der Waals surface area contributed by atoms with Crippen molar-refractivity contribution < 1.29 is 9.21 Å². The largest absolute Gasteiger partial charge is 0.408 e. The highest BCUT2D eigenvalue weighted by Gasteiger charge is 2.29. The van der Waals surface area contributed by atoms with Crippen molar-refractivity contribution in [3.63, 3.8) is 0 Å². The lowest BCUT2D eigenvalue weighted by Gasteiger charge is -2.05. The first kappa shape index (κ1) is 14.2. The van der Waals surface area contributed by atoms with E-state index in [0.717, 1.165) is 17.7 Å². The summed E-state index contributed by atoms with van der Waals surface area (Å²) in [5.74, 6) is 0.914. The van der Waals surface area contributed by atoms with Gasteiger partial charge in [-0.15, -0.1) is 16.9 Å². The van der Waals surface area contributed by atoms with Crippen LogP contribution in [0.15, 0.2) is 27.5 Å². The Labute approximate surface area is 130 Å². The van der Waals surface area contributed by atoms with Crippen molar-refractivity contribution in [3.8, 4) is 0 Å². The van der Waals surface area contributed by atoms with E-state index in [-0.39, 0.29) is 17.7 Å². The molecule has 0 bridgehead atoms. The number of hydrogen-bond donors (Lipinski definition) is 2. The summed E-state index contributed by atoms with van der Waals surface area (Å²) in [5, 5.41) is 10.9. The topological polar surface area (TPSA) is 94.0 Å². The quantitative estimate of drug-likeness (QED) is 0.648. The highest BCUT2D eigenvalue weighted by atomic mass is 35.5. The molecule has 1 fully saturated rings. The van der Waals surface area contributed by atoms with E-state index < -0.39 is 0 Å². The molecule has 6 nitrogen and oxygen atoms in total. The molecular formula is C13H13ClN4O2S.